The largest absolute Gasteiger partial charge is 0.421 e. The third-order valence-corrected chi connectivity index (χ3v) is 3.80. The van der Waals surface area contributed by atoms with E-state index in [0.717, 1.165) is 17.7 Å². The van der Waals surface area contributed by atoms with Crippen LogP contribution in [0.2, 0.25) is 0 Å². The Morgan fingerprint density at radius 3 is 2.64 bits per heavy atom. The molecule has 128 valence electrons. The van der Waals surface area contributed by atoms with Gasteiger partial charge in [0.05, 0.1) is 0 Å². The highest BCUT2D eigenvalue weighted by molar-refractivity contribution is 5.91. The van der Waals surface area contributed by atoms with Crippen LogP contribution in [-0.2, 0) is 17.6 Å². The van der Waals surface area contributed by atoms with E-state index < -0.39 is 0 Å². The normalized spacial score (nSPS) is 10.6. The van der Waals surface area contributed by atoms with E-state index in [-0.39, 0.29) is 18.1 Å². The molecule has 1 heterocycles. The molecule has 0 saturated heterocycles. The number of rotatable bonds is 6. The second-order valence-corrected chi connectivity index (χ2v) is 5.57. The summed E-state index contributed by atoms with van der Waals surface area (Å²) >= 11 is 0. The predicted molar refractivity (Wildman–Crippen MR) is 92.5 cm³/mol. The molecule has 0 fully saturated rings. The van der Waals surface area contributed by atoms with Crippen molar-refractivity contribution in [3.63, 3.8) is 0 Å². The van der Waals surface area contributed by atoms with Gasteiger partial charge in [-0.1, -0.05) is 25.1 Å². The highest BCUT2D eigenvalue weighted by Crippen LogP contribution is 2.19. The van der Waals surface area contributed by atoms with Crippen LogP contribution in [0.1, 0.15) is 24.8 Å². The maximum absolute atomic E-state index is 12.9. The van der Waals surface area contributed by atoms with E-state index in [1.54, 1.807) is 12.1 Å². The lowest BCUT2D eigenvalue weighted by molar-refractivity contribution is -0.116. The third kappa shape index (κ3) is 4.29. The average molecular weight is 339 g/mol. The first kappa shape index (κ1) is 16.8. The van der Waals surface area contributed by atoms with Crippen molar-refractivity contribution in [3.8, 4) is 11.5 Å². The maximum Gasteiger partial charge on any atom is 0.247 e. The smallest absolute Gasteiger partial charge is 0.247 e. The molecule has 0 aliphatic rings. The fraction of sp³-hybridized carbons (Fsp3) is 0.211. The number of carbonyl (C=O) groups excluding carboxylic acids is 1. The number of para-hydroxylation sites is 1. The number of aromatic nitrogens is 2. The van der Waals surface area contributed by atoms with Gasteiger partial charge >= 0.3 is 0 Å². The van der Waals surface area contributed by atoms with Crippen molar-refractivity contribution in [1.29, 1.82) is 0 Å². The molecule has 0 aliphatic heterocycles. The lowest BCUT2D eigenvalue weighted by atomic mass is 10.1. The first-order valence-corrected chi connectivity index (χ1v) is 8.12. The summed E-state index contributed by atoms with van der Waals surface area (Å²) in [5.41, 5.74) is 2.56. The number of hydrogen-bond acceptors (Lipinski definition) is 4. The van der Waals surface area contributed by atoms with Gasteiger partial charge in [-0.2, -0.15) is 0 Å². The number of halogens is 1. The topological polar surface area (TPSA) is 68.0 Å². The van der Waals surface area contributed by atoms with Crippen molar-refractivity contribution in [3.05, 3.63) is 65.8 Å². The Bertz CT molecular complexity index is 859. The van der Waals surface area contributed by atoms with Crippen LogP contribution >= 0.6 is 0 Å². The Kier molecular flexibility index (Phi) is 5.18. The molecule has 0 atom stereocenters. The Hall–Kier alpha value is -3.02. The zero-order valence-corrected chi connectivity index (χ0v) is 13.8. The number of benzene rings is 2. The Balaban J connectivity index is 1.58. The monoisotopic (exact) mass is 339 g/mol. The molecule has 1 aromatic heterocycles. The van der Waals surface area contributed by atoms with E-state index >= 15 is 0 Å². The minimum absolute atomic E-state index is 0.109. The van der Waals surface area contributed by atoms with Crippen LogP contribution in [0.3, 0.4) is 0 Å². The molecule has 6 heteroatoms. The van der Waals surface area contributed by atoms with Gasteiger partial charge < -0.3 is 9.73 Å². The maximum atomic E-state index is 12.9. The van der Waals surface area contributed by atoms with Crippen LogP contribution in [0.25, 0.3) is 11.5 Å². The van der Waals surface area contributed by atoms with E-state index in [1.807, 2.05) is 31.2 Å². The number of nitrogens with zero attached hydrogens (tertiary/aromatic N) is 2. The highest BCUT2D eigenvalue weighted by atomic mass is 19.1. The van der Waals surface area contributed by atoms with E-state index in [2.05, 4.69) is 15.5 Å². The zero-order valence-electron chi connectivity index (χ0n) is 13.8. The number of nitrogens with one attached hydrogen (secondary N) is 1. The molecule has 0 unspecified atom stereocenters. The molecule has 1 amide bonds. The summed E-state index contributed by atoms with van der Waals surface area (Å²) in [5, 5.41) is 10.8. The molecule has 5 nitrogen and oxygen atoms in total. The summed E-state index contributed by atoms with van der Waals surface area (Å²) in [4.78, 5) is 12.1. The van der Waals surface area contributed by atoms with Crippen molar-refractivity contribution in [1.82, 2.24) is 10.2 Å². The second kappa shape index (κ2) is 7.70. The summed E-state index contributed by atoms with van der Waals surface area (Å²) in [6.07, 6.45) is 1.43. The Morgan fingerprint density at radius 1 is 1.12 bits per heavy atom. The van der Waals surface area contributed by atoms with E-state index in [0.29, 0.717) is 23.8 Å². The molecule has 3 aromatic rings. The van der Waals surface area contributed by atoms with Gasteiger partial charge in [-0.15, -0.1) is 10.2 Å². The van der Waals surface area contributed by atoms with Gasteiger partial charge in [0.1, 0.15) is 5.82 Å². The average Bonchev–Trinajstić information content (AvgIpc) is 3.10. The highest BCUT2D eigenvalue weighted by Gasteiger charge is 2.11. The summed E-state index contributed by atoms with van der Waals surface area (Å²) in [5.74, 6) is 0.250. The first-order valence-electron chi connectivity index (χ1n) is 8.12. The van der Waals surface area contributed by atoms with Crippen molar-refractivity contribution in [2.45, 2.75) is 26.2 Å². The lowest BCUT2D eigenvalue weighted by Gasteiger charge is -2.08. The van der Waals surface area contributed by atoms with Crippen LogP contribution in [0.5, 0.6) is 0 Å². The van der Waals surface area contributed by atoms with Gasteiger partial charge in [0.25, 0.3) is 0 Å². The van der Waals surface area contributed by atoms with Crippen molar-refractivity contribution >= 4 is 11.6 Å². The molecule has 25 heavy (non-hydrogen) atoms. The number of hydrogen-bond donors (Lipinski definition) is 1. The van der Waals surface area contributed by atoms with E-state index in [9.17, 15) is 9.18 Å². The van der Waals surface area contributed by atoms with E-state index in [4.69, 9.17) is 4.42 Å². The minimum Gasteiger partial charge on any atom is -0.421 e. The number of amides is 1. The van der Waals surface area contributed by atoms with Crippen LogP contribution in [0.15, 0.2) is 52.9 Å². The standard InChI is InChI=1S/C19H18FN3O2/c1-2-13-5-3-4-6-16(13)21-17(24)11-12-18-22-23-19(25-18)14-7-9-15(20)10-8-14/h3-10H,2,11-12H2,1H3,(H,21,24). The third-order valence-electron chi connectivity index (χ3n) is 3.80. The fourth-order valence-corrected chi connectivity index (χ4v) is 2.45. The van der Waals surface area contributed by atoms with Gasteiger partial charge in [-0.3, -0.25) is 4.79 Å². The van der Waals surface area contributed by atoms with Gasteiger partial charge in [0.15, 0.2) is 0 Å². The van der Waals surface area contributed by atoms with Crippen LogP contribution in [-0.4, -0.2) is 16.1 Å². The predicted octanol–water partition coefficient (Wildman–Crippen LogP) is 4.01. The summed E-state index contributed by atoms with van der Waals surface area (Å²) in [6.45, 7) is 2.04. The SMILES string of the molecule is CCc1ccccc1NC(=O)CCc1nnc(-c2ccc(F)cc2)o1. The minimum atomic E-state index is -0.326. The van der Waals surface area contributed by atoms with Crippen molar-refractivity contribution in [2.24, 2.45) is 0 Å². The van der Waals surface area contributed by atoms with Crippen LogP contribution in [0.4, 0.5) is 10.1 Å². The summed E-state index contributed by atoms with van der Waals surface area (Å²) in [7, 11) is 0. The number of aryl methyl sites for hydroxylation is 2. The molecule has 0 radical (unpaired) electrons. The Morgan fingerprint density at radius 2 is 1.88 bits per heavy atom. The molecule has 1 N–H and O–H groups in total. The summed E-state index contributed by atoms with van der Waals surface area (Å²) in [6, 6.07) is 13.5. The first-order chi connectivity index (χ1) is 12.2. The quantitative estimate of drug-likeness (QED) is 0.737. The fourth-order valence-electron chi connectivity index (χ4n) is 2.45. The molecule has 0 saturated carbocycles. The van der Waals surface area contributed by atoms with Gasteiger partial charge in [0, 0.05) is 24.1 Å². The van der Waals surface area contributed by atoms with Gasteiger partial charge in [-0.25, -0.2) is 4.39 Å². The number of anilines is 1. The Labute approximate surface area is 144 Å². The van der Waals surface area contributed by atoms with Gasteiger partial charge in [-0.05, 0) is 42.3 Å². The molecule has 0 spiro atoms. The molecule has 0 bridgehead atoms. The molecule has 3 rings (SSSR count). The molecule has 0 aliphatic carbocycles. The summed E-state index contributed by atoms with van der Waals surface area (Å²) < 4.78 is 18.5. The second-order valence-electron chi connectivity index (χ2n) is 5.57. The van der Waals surface area contributed by atoms with Crippen LogP contribution in [0, 0.1) is 5.82 Å². The number of carbonyl (C=O) groups is 1. The molecular weight excluding hydrogens is 321 g/mol. The van der Waals surface area contributed by atoms with E-state index in [1.165, 1.54) is 12.1 Å². The van der Waals surface area contributed by atoms with Crippen molar-refractivity contribution < 1.29 is 13.6 Å². The lowest BCUT2D eigenvalue weighted by Crippen LogP contribution is -2.13. The zero-order chi connectivity index (χ0) is 17.6. The van der Waals surface area contributed by atoms with Gasteiger partial charge in [0.2, 0.25) is 17.7 Å². The molecule has 2 aromatic carbocycles. The van der Waals surface area contributed by atoms with Crippen molar-refractivity contribution in [2.75, 3.05) is 5.32 Å². The molecular formula is C19H18FN3O2. The van der Waals surface area contributed by atoms with Crippen LogP contribution < -0.4 is 5.32 Å².